The van der Waals surface area contributed by atoms with E-state index in [1.54, 1.807) is 0 Å². The van der Waals surface area contributed by atoms with Crippen molar-refractivity contribution in [3.63, 3.8) is 0 Å². The molecule has 0 spiro atoms. The molecule has 0 aromatic heterocycles. The lowest BCUT2D eigenvalue weighted by molar-refractivity contribution is 0.168. The molecule has 1 aliphatic heterocycles. The lowest BCUT2D eigenvalue weighted by Crippen LogP contribution is -2.45. The molecule has 0 unspecified atom stereocenters. The first-order valence-electron chi connectivity index (χ1n) is 6.72. The Balaban J connectivity index is 2.34. The van der Waals surface area contributed by atoms with Gasteiger partial charge in [0.2, 0.25) is 0 Å². The van der Waals surface area contributed by atoms with Crippen LogP contribution in [0.15, 0.2) is 24.3 Å². The number of nitrogens with zero attached hydrogens (tertiary/aromatic N) is 1. The van der Waals surface area contributed by atoms with E-state index < -0.39 is 17.5 Å². The van der Waals surface area contributed by atoms with Crippen LogP contribution in [0.25, 0.3) is 0 Å². The first kappa shape index (κ1) is 15.1. The molecule has 1 N–H and O–H groups in total. The van der Waals surface area contributed by atoms with Gasteiger partial charge in [0.05, 0.1) is 0 Å². The second-order valence-electron chi connectivity index (χ2n) is 5.25. The summed E-state index contributed by atoms with van der Waals surface area (Å²) in [5.41, 5.74) is 1.09. The van der Waals surface area contributed by atoms with Crippen molar-refractivity contribution in [3.05, 3.63) is 47.3 Å². The molecule has 0 bridgehead atoms. The van der Waals surface area contributed by atoms with Crippen LogP contribution in [0, 0.1) is 17.5 Å². The molecule has 0 radical (unpaired) electrons. The van der Waals surface area contributed by atoms with E-state index in [9.17, 15) is 13.2 Å². The van der Waals surface area contributed by atoms with E-state index >= 15 is 0 Å². The molecule has 20 heavy (non-hydrogen) atoms. The van der Waals surface area contributed by atoms with Gasteiger partial charge in [-0.15, -0.1) is 6.58 Å². The highest BCUT2D eigenvalue weighted by Crippen LogP contribution is 2.30. The standard InChI is InChI=1S/C15H19F3N2/c1-10(2)7-15(20-5-3-19-4-6-20)11-8-13(17)14(18)9-12(11)16/h8-9,15,19H,1,3-7H2,2H3/t15-/m1/s1. The maximum atomic E-state index is 14.0. The van der Waals surface area contributed by atoms with Gasteiger partial charge in [-0.25, -0.2) is 13.2 Å². The van der Waals surface area contributed by atoms with E-state index in [4.69, 9.17) is 0 Å². The fourth-order valence-electron chi connectivity index (χ4n) is 2.55. The van der Waals surface area contributed by atoms with E-state index in [1.807, 2.05) is 6.92 Å². The third kappa shape index (κ3) is 3.41. The SMILES string of the molecule is C=C(C)C[C@H](c1cc(F)c(F)cc1F)N1CCNCC1. The van der Waals surface area contributed by atoms with Crippen molar-refractivity contribution in [2.75, 3.05) is 26.2 Å². The quantitative estimate of drug-likeness (QED) is 0.675. The minimum Gasteiger partial charge on any atom is -0.314 e. The highest BCUT2D eigenvalue weighted by molar-refractivity contribution is 5.25. The molecule has 0 amide bonds. The minimum absolute atomic E-state index is 0.203. The van der Waals surface area contributed by atoms with Crippen LogP contribution in [0.1, 0.15) is 24.9 Å². The summed E-state index contributed by atoms with van der Waals surface area (Å²) >= 11 is 0. The summed E-state index contributed by atoms with van der Waals surface area (Å²) in [7, 11) is 0. The number of halogens is 3. The number of hydrogen-bond acceptors (Lipinski definition) is 2. The first-order chi connectivity index (χ1) is 9.49. The minimum atomic E-state index is -1.15. The molecule has 1 atom stereocenters. The van der Waals surface area contributed by atoms with Crippen LogP contribution >= 0.6 is 0 Å². The van der Waals surface area contributed by atoms with Crippen LogP contribution in [-0.4, -0.2) is 31.1 Å². The highest BCUT2D eigenvalue weighted by Gasteiger charge is 2.26. The summed E-state index contributed by atoms with van der Waals surface area (Å²) in [5, 5.41) is 3.22. The van der Waals surface area contributed by atoms with E-state index in [1.165, 1.54) is 0 Å². The molecule has 1 heterocycles. The molecule has 1 saturated heterocycles. The average Bonchev–Trinajstić information content (AvgIpc) is 2.41. The molecular formula is C15H19F3N2. The van der Waals surface area contributed by atoms with E-state index in [2.05, 4.69) is 16.8 Å². The molecule has 1 fully saturated rings. The molecule has 2 rings (SSSR count). The highest BCUT2D eigenvalue weighted by atomic mass is 19.2. The Labute approximate surface area is 117 Å². The second kappa shape index (κ2) is 6.41. The van der Waals surface area contributed by atoms with Crippen molar-refractivity contribution in [2.24, 2.45) is 0 Å². The van der Waals surface area contributed by atoms with Gasteiger partial charge in [0.15, 0.2) is 11.6 Å². The van der Waals surface area contributed by atoms with E-state index in [0.29, 0.717) is 12.5 Å². The third-order valence-corrected chi connectivity index (χ3v) is 3.53. The Morgan fingerprint density at radius 2 is 1.80 bits per heavy atom. The predicted molar refractivity (Wildman–Crippen MR) is 72.9 cm³/mol. The number of rotatable bonds is 4. The van der Waals surface area contributed by atoms with Gasteiger partial charge >= 0.3 is 0 Å². The van der Waals surface area contributed by atoms with Crippen LogP contribution in [0.4, 0.5) is 13.2 Å². The zero-order valence-electron chi connectivity index (χ0n) is 11.6. The fourth-order valence-corrected chi connectivity index (χ4v) is 2.55. The number of piperazine rings is 1. The Hall–Kier alpha value is -1.33. The maximum Gasteiger partial charge on any atom is 0.161 e. The Morgan fingerprint density at radius 1 is 1.20 bits per heavy atom. The van der Waals surface area contributed by atoms with Crippen LogP contribution in [0.3, 0.4) is 0 Å². The predicted octanol–water partition coefficient (Wildman–Crippen LogP) is 3.02. The van der Waals surface area contributed by atoms with Crippen LogP contribution < -0.4 is 5.32 Å². The summed E-state index contributed by atoms with van der Waals surface area (Å²) < 4.78 is 40.5. The third-order valence-electron chi connectivity index (χ3n) is 3.53. The molecule has 110 valence electrons. The van der Waals surface area contributed by atoms with Gasteiger partial charge in [0.25, 0.3) is 0 Å². The second-order valence-corrected chi connectivity index (χ2v) is 5.25. The topological polar surface area (TPSA) is 15.3 Å². The molecule has 2 nitrogen and oxygen atoms in total. The Bertz CT molecular complexity index is 496. The van der Waals surface area contributed by atoms with Gasteiger partial charge in [-0.1, -0.05) is 5.57 Å². The summed E-state index contributed by atoms with van der Waals surface area (Å²) in [6.07, 6.45) is 0.530. The molecular weight excluding hydrogens is 265 g/mol. The van der Waals surface area contributed by atoms with Gasteiger partial charge in [0, 0.05) is 43.9 Å². The van der Waals surface area contributed by atoms with Crippen molar-refractivity contribution < 1.29 is 13.2 Å². The summed E-state index contributed by atoms with van der Waals surface area (Å²) in [6.45, 7) is 8.81. The monoisotopic (exact) mass is 284 g/mol. The lowest BCUT2D eigenvalue weighted by atomic mass is 9.97. The van der Waals surface area contributed by atoms with E-state index in [0.717, 1.165) is 37.8 Å². The number of nitrogens with one attached hydrogen (secondary N) is 1. The molecule has 1 aromatic carbocycles. The van der Waals surface area contributed by atoms with E-state index in [-0.39, 0.29) is 11.6 Å². The van der Waals surface area contributed by atoms with Gasteiger partial charge in [-0.2, -0.15) is 0 Å². The Kier molecular flexibility index (Phi) is 4.83. The van der Waals surface area contributed by atoms with Crippen molar-refractivity contribution in [3.8, 4) is 0 Å². The number of benzene rings is 1. The smallest absolute Gasteiger partial charge is 0.161 e. The molecule has 5 heteroatoms. The maximum absolute atomic E-state index is 14.0. The molecule has 1 aromatic rings. The first-order valence-corrected chi connectivity index (χ1v) is 6.72. The number of hydrogen-bond donors (Lipinski definition) is 1. The van der Waals surface area contributed by atoms with Crippen LogP contribution in [-0.2, 0) is 0 Å². The van der Waals surface area contributed by atoms with Crippen molar-refractivity contribution in [1.82, 2.24) is 10.2 Å². The normalized spacial score (nSPS) is 18.0. The Morgan fingerprint density at radius 3 is 2.40 bits per heavy atom. The van der Waals surface area contributed by atoms with Crippen molar-refractivity contribution in [1.29, 1.82) is 0 Å². The fraction of sp³-hybridized carbons (Fsp3) is 0.467. The molecule has 0 aliphatic carbocycles. The largest absolute Gasteiger partial charge is 0.314 e. The van der Waals surface area contributed by atoms with Crippen molar-refractivity contribution in [2.45, 2.75) is 19.4 Å². The average molecular weight is 284 g/mol. The summed E-state index contributed by atoms with van der Waals surface area (Å²) in [5.74, 6) is -2.86. The summed E-state index contributed by atoms with van der Waals surface area (Å²) in [4.78, 5) is 2.08. The van der Waals surface area contributed by atoms with Crippen LogP contribution in [0.2, 0.25) is 0 Å². The molecule has 1 aliphatic rings. The zero-order chi connectivity index (χ0) is 14.7. The van der Waals surface area contributed by atoms with Crippen LogP contribution in [0.5, 0.6) is 0 Å². The van der Waals surface area contributed by atoms with Gasteiger partial charge in [-0.05, 0) is 19.4 Å². The zero-order valence-corrected chi connectivity index (χ0v) is 11.6. The molecule has 0 saturated carbocycles. The van der Waals surface area contributed by atoms with Gasteiger partial charge < -0.3 is 5.32 Å². The lowest BCUT2D eigenvalue weighted by Gasteiger charge is -2.35. The van der Waals surface area contributed by atoms with Crippen molar-refractivity contribution >= 4 is 0 Å². The van der Waals surface area contributed by atoms with Gasteiger partial charge in [-0.3, -0.25) is 4.90 Å². The summed E-state index contributed by atoms with van der Waals surface area (Å²) in [6, 6.07) is 1.29. The van der Waals surface area contributed by atoms with Gasteiger partial charge in [0.1, 0.15) is 5.82 Å².